The third-order valence-electron chi connectivity index (χ3n) is 5.62. The average Bonchev–Trinajstić information content (AvgIpc) is 3.30. The molecule has 1 saturated heterocycles. The monoisotopic (exact) mass is 420 g/mol. The second-order valence-corrected chi connectivity index (χ2v) is 7.75. The van der Waals surface area contributed by atoms with E-state index in [2.05, 4.69) is 32.1 Å². The van der Waals surface area contributed by atoms with Gasteiger partial charge in [-0.1, -0.05) is 0 Å². The molecule has 1 aromatic carbocycles. The summed E-state index contributed by atoms with van der Waals surface area (Å²) in [4.78, 5) is 28.1. The molecule has 31 heavy (non-hydrogen) atoms. The Morgan fingerprint density at radius 2 is 1.90 bits per heavy atom. The number of carbonyl (C=O) groups excluding carboxylic acids is 1. The molecule has 0 unspecified atom stereocenters. The molecule has 2 aromatic heterocycles. The lowest BCUT2D eigenvalue weighted by molar-refractivity contribution is 0.102. The van der Waals surface area contributed by atoms with E-state index in [4.69, 9.17) is 9.47 Å². The molecule has 2 aliphatic heterocycles. The summed E-state index contributed by atoms with van der Waals surface area (Å²) in [6.45, 7) is 4.23. The van der Waals surface area contributed by atoms with Crippen molar-refractivity contribution in [3.05, 3.63) is 48.8 Å². The van der Waals surface area contributed by atoms with Crippen LogP contribution in [0, 0.1) is 0 Å². The van der Waals surface area contributed by atoms with Gasteiger partial charge in [-0.05, 0) is 38.3 Å². The summed E-state index contributed by atoms with van der Waals surface area (Å²) < 4.78 is 12.8. The minimum atomic E-state index is -0.311. The third kappa shape index (κ3) is 4.03. The van der Waals surface area contributed by atoms with Gasteiger partial charge in [0.1, 0.15) is 43.2 Å². The Morgan fingerprint density at radius 1 is 1.06 bits per heavy atom. The van der Waals surface area contributed by atoms with Crippen LogP contribution in [0.3, 0.4) is 0 Å². The van der Waals surface area contributed by atoms with Gasteiger partial charge in [0.2, 0.25) is 0 Å². The van der Waals surface area contributed by atoms with Gasteiger partial charge in [-0.25, -0.2) is 15.0 Å². The van der Waals surface area contributed by atoms with Gasteiger partial charge in [-0.15, -0.1) is 0 Å². The van der Waals surface area contributed by atoms with Crippen LogP contribution in [0.1, 0.15) is 36.7 Å². The number of amides is 1. The number of nitrogens with zero attached hydrogens (tertiary/aromatic N) is 5. The standard InChI is InChI=1S/C22H24N6O3/c1-15-4-2-3-7-28(15)21-11-20(23-13-24-21)27-12-17(25-14-27)22(29)26-16-5-6-18-19(10-16)31-9-8-30-18/h5-6,10-15H,2-4,7-9H2,1H3,(H,26,29)/t15-/m1/s1. The maximum absolute atomic E-state index is 12.7. The number of anilines is 2. The van der Waals surface area contributed by atoms with E-state index in [0.29, 0.717) is 48.0 Å². The van der Waals surface area contributed by atoms with Crippen LogP contribution in [0.15, 0.2) is 43.1 Å². The summed E-state index contributed by atoms with van der Waals surface area (Å²) in [5.74, 6) is 2.56. The number of aromatic nitrogens is 4. The highest BCUT2D eigenvalue weighted by Crippen LogP contribution is 2.32. The van der Waals surface area contributed by atoms with Crippen LogP contribution in [0.5, 0.6) is 11.5 Å². The normalized spacial score (nSPS) is 18.0. The van der Waals surface area contributed by atoms with Crippen molar-refractivity contribution in [2.24, 2.45) is 0 Å². The molecule has 2 aliphatic rings. The minimum Gasteiger partial charge on any atom is -0.486 e. The zero-order chi connectivity index (χ0) is 21.2. The predicted octanol–water partition coefficient (Wildman–Crippen LogP) is 3.06. The summed E-state index contributed by atoms with van der Waals surface area (Å²) in [7, 11) is 0. The van der Waals surface area contributed by atoms with Crippen LogP contribution in [-0.4, -0.2) is 51.2 Å². The first-order valence-electron chi connectivity index (χ1n) is 10.5. The Bertz CT molecular complexity index is 1100. The Labute approximate surface area is 180 Å². The van der Waals surface area contributed by atoms with Gasteiger partial charge in [0.15, 0.2) is 11.5 Å². The number of benzene rings is 1. The van der Waals surface area contributed by atoms with Gasteiger partial charge in [-0.2, -0.15) is 0 Å². The first-order chi connectivity index (χ1) is 15.2. The molecule has 0 bridgehead atoms. The van der Waals surface area contributed by atoms with Crippen LogP contribution in [0.25, 0.3) is 5.82 Å². The minimum absolute atomic E-state index is 0.293. The molecule has 0 aliphatic carbocycles. The van der Waals surface area contributed by atoms with Crippen molar-refractivity contribution >= 4 is 17.4 Å². The van der Waals surface area contributed by atoms with Crippen LogP contribution in [0.4, 0.5) is 11.5 Å². The quantitative estimate of drug-likeness (QED) is 0.693. The maximum Gasteiger partial charge on any atom is 0.275 e. The number of imidazole rings is 1. The van der Waals surface area contributed by atoms with E-state index in [0.717, 1.165) is 18.8 Å². The van der Waals surface area contributed by atoms with Crippen molar-refractivity contribution in [1.82, 2.24) is 19.5 Å². The van der Waals surface area contributed by atoms with Gasteiger partial charge in [-0.3, -0.25) is 9.36 Å². The van der Waals surface area contributed by atoms with E-state index < -0.39 is 0 Å². The zero-order valence-electron chi connectivity index (χ0n) is 17.3. The molecule has 1 amide bonds. The van der Waals surface area contributed by atoms with E-state index in [1.54, 1.807) is 41.6 Å². The average molecular weight is 420 g/mol. The molecule has 1 atom stereocenters. The zero-order valence-corrected chi connectivity index (χ0v) is 17.3. The lowest BCUT2D eigenvalue weighted by atomic mass is 10.0. The van der Waals surface area contributed by atoms with E-state index in [1.807, 2.05) is 6.07 Å². The Morgan fingerprint density at radius 3 is 2.77 bits per heavy atom. The number of rotatable bonds is 4. The molecule has 9 nitrogen and oxygen atoms in total. The lowest BCUT2D eigenvalue weighted by Gasteiger charge is -2.34. The third-order valence-corrected chi connectivity index (χ3v) is 5.62. The Hall–Kier alpha value is -3.62. The summed E-state index contributed by atoms with van der Waals surface area (Å²) in [6, 6.07) is 7.70. The number of piperidine rings is 1. The maximum atomic E-state index is 12.7. The predicted molar refractivity (Wildman–Crippen MR) is 115 cm³/mol. The van der Waals surface area contributed by atoms with Gasteiger partial charge < -0.3 is 19.7 Å². The van der Waals surface area contributed by atoms with E-state index in [-0.39, 0.29) is 5.91 Å². The largest absolute Gasteiger partial charge is 0.486 e. The summed E-state index contributed by atoms with van der Waals surface area (Å²) in [5, 5.41) is 2.85. The second kappa shape index (κ2) is 8.25. The number of hydrogen-bond donors (Lipinski definition) is 1. The Balaban J connectivity index is 1.32. The summed E-state index contributed by atoms with van der Waals surface area (Å²) in [6.07, 6.45) is 8.39. The van der Waals surface area contributed by atoms with Crippen LogP contribution < -0.4 is 19.7 Å². The number of nitrogens with one attached hydrogen (secondary N) is 1. The fourth-order valence-corrected chi connectivity index (χ4v) is 3.96. The summed E-state index contributed by atoms with van der Waals surface area (Å²) >= 11 is 0. The van der Waals surface area contributed by atoms with Gasteiger partial charge in [0.05, 0.1) is 0 Å². The lowest BCUT2D eigenvalue weighted by Crippen LogP contribution is -2.38. The van der Waals surface area contributed by atoms with Crippen molar-refractivity contribution in [1.29, 1.82) is 0 Å². The highest BCUT2D eigenvalue weighted by molar-refractivity contribution is 6.02. The molecule has 1 N–H and O–H groups in total. The fraction of sp³-hybridized carbons (Fsp3) is 0.364. The van der Waals surface area contributed by atoms with Crippen molar-refractivity contribution < 1.29 is 14.3 Å². The number of hydrogen-bond acceptors (Lipinski definition) is 7. The van der Waals surface area contributed by atoms with E-state index >= 15 is 0 Å². The molecule has 160 valence electrons. The van der Waals surface area contributed by atoms with Gasteiger partial charge >= 0.3 is 0 Å². The van der Waals surface area contributed by atoms with Crippen molar-refractivity contribution in [2.75, 3.05) is 30.0 Å². The molecule has 4 heterocycles. The molecule has 1 fully saturated rings. The van der Waals surface area contributed by atoms with E-state index in [9.17, 15) is 4.79 Å². The first kappa shape index (κ1) is 19.3. The van der Waals surface area contributed by atoms with Gasteiger partial charge in [0, 0.05) is 36.6 Å². The molecular weight excluding hydrogens is 396 g/mol. The van der Waals surface area contributed by atoms with E-state index in [1.165, 1.54) is 12.8 Å². The molecule has 3 aromatic rings. The molecule has 0 saturated carbocycles. The molecule has 0 spiro atoms. The van der Waals surface area contributed by atoms with Crippen LogP contribution >= 0.6 is 0 Å². The highest BCUT2D eigenvalue weighted by atomic mass is 16.6. The SMILES string of the molecule is C[C@@H]1CCCCN1c1cc(-n2cnc(C(=O)Nc3ccc4c(c3)OCCO4)c2)ncn1. The fourth-order valence-electron chi connectivity index (χ4n) is 3.96. The van der Waals surface area contributed by atoms with Crippen molar-refractivity contribution in [3.8, 4) is 17.3 Å². The Kier molecular flexibility index (Phi) is 5.15. The highest BCUT2D eigenvalue weighted by Gasteiger charge is 2.20. The first-order valence-corrected chi connectivity index (χ1v) is 10.5. The van der Waals surface area contributed by atoms with Gasteiger partial charge in [0.25, 0.3) is 5.91 Å². The van der Waals surface area contributed by atoms with Crippen molar-refractivity contribution in [2.45, 2.75) is 32.2 Å². The van der Waals surface area contributed by atoms with Crippen molar-refractivity contribution in [3.63, 3.8) is 0 Å². The van der Waals surface area contributed by atoms with Crippen LogP contribution in [-0.2, 0) is 0 Å². The number of carbonyl (C=O) groups is 1. The smallest absolute Gasteiger partial charge is 0.275 e. The number of ether oxygens (including phenoxy) is 2. The molecule has 0 radical (unpaired) electrons. The molecule has 5 rings (SSSR count). The van der Waals surface area contributed by atoms with Crippen LogP contribution in [0.2, 0.25) is 0 Å². The molecular formula is C22H24N6O3. The second-order valence-electron chi connectivity index (χ2n) is 7.75. The molecule has 9 heteroatoms. The summed E-state index contributed by atoms with van der Waals surface area (Å²) in [5.41, 5.74) is 0.911. The number of fused-ring (bicyclic) bond motifs is 1. The topological polar surface area (TPSA) is 94.4 Å².